The summed E-state index contributed by atoms with van der Waals surface area (Å²) in [6.07, 6.45) is -1.18. The maximum Gasteiger partial charge on any atom is 0.135 e. The second-order valence-electron chi connectivity index (χ2n) is 4.57. The molecule has 0 amide bonds. The predicted octanol–water partition coefficient (Wildman–Crippen LogP) is 1.83. The number of benzene rings is 1. The SMILES string of the molecule is COC(c1ccc(N2CC(F)C2)cc1)C(N)CF. The zero-order chi connectivity index (χ0) is 13.1. The van der Waals surface area contributed by atoms with E-state index in [1.807, 2.05) is 29.2 Å². The van der Waals surface area contributed by atoms with Crippen LogP contribution in [0.15, 0.2) is 24.3 Å². The first-order valence-corrected chi connectivity index (χ1v) is 5.99. The van der Waals surface area contributed by atoms with E-state index in [1.54, 1.807) is 0 Å². The number of rotatable bonds is 5. The normalized spacial score (nSPS) is 19.4. The number of alkyl halides is 2. The Morgan fingerprint density at radius 1 is 1.39 bits per heavy atom. The van der Waals surface area contributed by atoms with Crippen LogP contribution < -0.4 is 10.6 Å². The number of nitrogens with two attached hydrogens (primary N) is 1. The molecule has 1 fully saturated rings. The second kappa shape index (κ2) is 5.63. The van der Waals surface area contributed by atoms with Crippen molar-refractivity contribution in [1.29, 1.82) is 0 Å². The lowest BCUT2D eigenvalue weighted by Gasteiger charge is -2.36. The van der Waals surface area contributed by atoms with E-state index >= 15 is 0 Å². The van der Waals surface area contributed by atoms with Gasteiger partial charge in [0, 0.05) is 12.8 Å². The Morgan fingerprint density at radius 2 is 2.00 bits per heavy atom. The lowest BCUT2D eigenvalue weighted by Crippen LogP contribution is -2.48. The van der Waals surface area contributed by atoms with Crippen molar-refractivity contribution in [2.24, 2.45) is 5.73 Å². The third-order valence-electron chi connectivity index (χ3n) is 3.24. The summed E-state index contributed by atoms with van der Waals surface area (Å²) in [4.78, 5) is 1.95. The fourth-order valence-electron chi connectivity index (χ4n) is 2.15. The molecule has 2 N–H and O–H groups in total. The van der Waals surface area contributed by atoms with E-state index in [0.717, 1.165) is 11.3 Å². The lowest BCUT2D eigenvalue weighted by molar-refractivity contribution is 0.0721. The number of ether oxygens (including phenoxy) is 1. The van der Waals surface area contributed by atoms with E-state index in [9.17, 15) is 8.78 Å². The Labute approximate surface area is 106 Å². The second-order valence-corrected chi connectivity index (χ2v) is 4.57. The van der Waals surface area contributed by atoms with Crippen LogP contribution in [0.5, 0.6) is 0 Å². The largest absolute Gasteiger partial charge is 0.375 e. The van der Waals surface area contributed by atoms with Crippen molar-refractivity contribution >= 4 is 5.69 Å². The van der Waals surface area contributed by atoms with Crippen LogP contribution >= 0.6 is 0 Å². The highest BCUT2D eigenvalue weighted by Crippen LogP contribution is 2.26. The molecule has 1 heterocycles. The van der Waals surface area contributed by atoms with Gasteiger partial charge in [0.2, 0.25) is 0 Å². The maximum absolute atomic E-state index is 12.7. The Bertz CT molecular complexity index is 379. The quantitative estimate of drug-likeness (QED) is 0.873. The van der Waals surface area contributed by atoms with Gasteiger partial charge in [0.1, 0.15) is 12.8 Å². The molecule has 0 bridgehead atoms. The first-order chi connectivity index (χ1) is 8.65. The molecule has 100 valence electrons. The van der Waals surface area contributed by atoms with Crippen LogP contribution in [-0.2, 0) is 4.74 Å². The predicted molar refractivity (Wildman–Crippen MR) is 67.3 cm³/mol. The first-order valence-electron chi connectivity index (χ1n) is 5.99. The van der Waals surface area contributed by atoms with Gasteiger partial charge in [-0.15, -0.1) is 0 Å². The molecular formula is C13H18F2N2O. The van der Waals surface area contributed by atoms with E-state index in [2.05, 4.69) is 0 Å². The summed E-state index contributed by atoms with van der Waals surface area (Å²) in [6, 6.07) is 6.81. The summed E-state index contributed by atoms with van der Waals surface area (Å²) in [5, 5.41) is 0. The fraction of sp³-hybridized carbons (Fsp3) is 0.538. The van der Waals surface area contributed by atoms with E-state index in [-0.39, 0.29) is 0 Å². The van der Waals surface area contributed by atoms with Crippen LogP contribution in [0.4, 0.5) is 14.5 Å². The van der Waals surface area contributed by atoms with Crippen molar-refractivity contribution in [3.63, 3.8) is 0 Å². The molecule has 2 unspecified atom stereocenters. The average molecular weight is 256 g/mol. The van der Waals surface area contributed by atoms with Crippen LogP contribution in [0.25, 0.3) is 0 Å². The monoisotopic (exact) mass is 256 g/mol. The van der Waals surface area contributed by atoms with Crippen LogP contribution in [0.3, 0.4) is 0 Å². The summed E-state index contributed by atoms with van der Waals surface area (Å²) in [5.74, 6) is 0. The molecule has 1 aromatic carbocycles. The molecule has 18 heavy (non-hydrogen) atoms. The highest BCUT2D eigenvalue weighted by Gasteiger charge is 2.26. The highest BCUT2D eigenvalue weighted by atomic mass is 19.1. The van der Waals surface area contributed by atoms with Crippen molar-refractivity contribution in [3.05, 3.63) is 29.8 Å². The van der Waals surface area contributed by atoms with Gasteiger partial charge in [-0.2, -0.15) is 0 Å². The van der Waals surface area contributed by atoms with Gasteiger partial charge in [0.05, 0.1) is 25.2 Å². The van der Waals surface area contributed by atoms with Crippen LogP contribution in [0, 0.1) is 0 Å². The van der Waals surface area contributed by atoms with Crippen molar-refractivity contribution in [1.82, 2.24) is 0 Å². The Kier molecular flexibility index (Phi) is 4.14. The molecule has 0 saturated carbocycles. The molecule has 1 aromatic rings. The topological polar surface area (TPSA) is 38.5 Å². The minimum atomic E-state index is -0.726. The summed E-state index contributed by atoms with van der Waals surface area (Å²) in [5.41, 5.74) is 7.46. The zero-order valence-corrected chi connectivity index (χ0v) is 10.4. The third kappa shape index (κ3) is 2.62. The van der Waals surface area contributed by atoms with E-state index < -0.39 is 25.0 Å². The van der Waals surface area contributed by atoms with Gasteiger partial charge in [0.25, 0.3) is 0 Å². The molecular weight excluding hydrogens is 238 g/mol. The maximum atomic E-state index is 12.7. The number of nitrogens with zero attached hydrogens (tertiary/aromatic N) is 1. The van der Waals surface area contributed by atoms with Gasteiger partial charge >= 0.3 is 0 Å². The molecule has 0 spiro atoms. The van der Waals surface area contributed by atoms with Crippen molar-refractivity contribution < 1.29 is 13.5 Å². The van der Waals surface area contributed by atoms with Crippen molar-refractivity contribution in [3.8, 4) is 0 Å². The summed E-state index contributed by atoms with van der Waals surface area (Å²) in [7, 11) is 1.51. The van der Waals surface area contributed by atoms with Gasteiger partial charge in [-0.25, -0.2) is 8.78 Å². The number of anilines is 1. The molecule has 2 atom stereocenters. The van der Waals surface area contributed by atoms with Crippen molar-refractivity contribution in [2.45, 2.75) is 18.3 Å². The first kappa shape index (κ1) is 13.2. The minimum Gasteiger partial charge on any atom is -0.375 e. The molecule has 1 aliphatic rings. The Morgan fingerprint density at radius 3 is 2.44 bits per heavy atom. The van der Waals surface area contributed by atoms with Crippen LogP contribution in [-0.4, -0.2) is 39.1 Å². The Hall–Kier alpha value is -1.20. The zero-order valence-electron chi connectivity index (χ0n) is 10.4. The molecule has 0 radical (unpaired) electrons. The van der Waals surface area contributed by atoms with Crippen LogP contribution in [0.1, 0.15) is 11.7 Å². The molecule has 5 heteroatoms. The molecule has 1 saturated heterocycles. The fourth-order valence-corrected chi connectivity index (χ4v) is 2.15. The van der Waals surface area contributed by atoms with Crippen molar-refractivity contribution in [2.75, 3.05) is 31.8 Å². The van der Waals surface area contributed by atoms with Gasteiger partial charge in [-0.1, -0.05) is 12.1 Å². The molecule has 2 rings (SSSR count). The summed E-state index contributed by atoms with van der Waals surface area (Å²) in [6.45, 7) is 0.254. The number of hydrogen-bond donors (Lipinski definition) is 1. The lowest BCUT2D eigenvalue weighted by atomic mass is 10.0. The van der Waals surface area contributed by atoms with Gasteiger partial charge < -0.3 is 15.4 Å². The number of methoxy groups -OCH3 is 1. The third-order valence-corrected chi connectivity index (χ3v) is 3.24. The van der Waals surface area contributed by atoms with Gasteiger partial charge in [-0.3, -0.25) is 0 Å². The number of hydrogen-bond acceptors (Lipinski definition) is 3. The molecule has 0 aliphatic carbocycles. The highest BCUT2D eigenvalue weighted by molar-refractivity contribution is 5.50. The molecule has 1 aliphatic heterocycles. The number of halogens is 2. The van der Waals surface area contributed by atoms with Gasteiger partial charge in [0.15, 0.2) is 0 Å². The van der Waals surface area contributed by atoms with Crippen LogP contribution in [0.2, 0.25) is 0 Å². The average Bonchev–Trinajstić information content (AvgIpc) is 2.36. The summed E-state index contributed by atoms with van der Waals surface area (Å²) < 4.78 is 30.5. The standard InChI is InChI=1S/C13H18F2N2O/c1-18-13(12(16)6-14)9-2-4-11(5-3-9)17-7-10(15)8-17/h2-5,10,12-13H,6-8,16H2,1H3. The van der Waals surface area contributed by atoms with Gasteiger partial charge in [-0.05, 0) is 17.7 Å². The van der Waals surface area contributed by atoms with E-state index in [1.165, 1.54) is 7.11 Å². The Balaban J connectivity index is 2.06. The van der Waals surface area contributed by atoms with E-state index in [4.69, 9.17) is 10.5 Å². The van der Waals surface area contributed by atoms with E-state index in [0.29, 0.717) is 13.1 Å². The summed E-state index contributed by atoms with van der Waals surface area (Å²) >= 11 is 0. The molecule has 0 aromatic heterocycles. The molecule has 3 nitrogen and oxygen atoms in total. The smallest absolute Gasteiger partial charge is 0.135 e. The minimum absolute atomic E-state index is 0.442.